The van der Waals surface area contributed by atoms with E-state index in [0.717, 1.165) is 63.1 Å². The molecule has 1 unspecified atom stereocenters. The van der Waals surface area contributed by atoms with Crippen molar-refractivity contribution in [3.8, 4) is 5.75 Å². The summed E-state index contributed by atoms with van der Waals surface area (Å²) in [7, 11) is 1.68. The van der Waals surface area contributed by atoms with Crippen molar-refractivity contribution in [1.29, 1.82) is 0 Å². The molecule has 3 atom stereocenters. The quantitative estimate of drug-likeness (QED) is 0.352. The number of carbonyl (C=O) groups is 2. The number of rotatable bonds is 14. The molecule has 0 bridgehead atoms. The van der Waals surface area contributed by atoms with Gasteiger partial charge in [-0.15, -0.1) is 0 Å². The topological polar surface area (TPSA) is 98.4 Å². The number of ether oxygens (including phenoxy) is 4. The summed E-state index contributed by atoms with van der Waals surface area (Å²) in [6, 6.07) is 5.78. The van der Waals surface area contributed by atoms with Crippen molar-refractivity contribution in [2.24, 2.45) is 11.8 Å². The molecule has 0 aliphatic carbocycles. The molecule has 2 aliphatic rings. The summed E-state index contributed by atoms with van der Waals surface area (Å²) in [5.41, 5.74) is 1.71. The van der Waals surface area contributed by atoms with E-state index in [4.69, 9.17) is 18.9 Å². The predicted molar refractivity (Wildman–Crippen MR) is 147 cm³/mol. The van der Waals surface area contributed by atoms with Gasteiger partial charge in [-0.3, -0.25) is 4.79 Å². The second-order valence-corrected chi connectivity index (χ2v) is 10.6. The average Bonchev–Trinajstić information content (AvgIpc) is 3.38. The molecular formula is C29H47N3O6. The van der Waals surface area contributed by atoms with Crippen LogP contribution in [0.3, 0.4) is 0 Å². The fourth-order valence-corrected chi connectivity index (χ4v) is 5.04. The van der Waals surface area contributed by atoms with Crippen LogP contribution in [0.15, 0.2) is 18.2 Å². The number of carbonyl (C=O) groups excluding carboxylic acids is 2. The highest BCUT2D eigenvalue weighted by atomic mass is 16.5. The molecule has 2 amide bonds. The van der Waals surface area contributed by atoms with Crippen LogP contribution in [0.25, 0.3) is 0 Å². The van der Waals surface area contributed by atoms with Gasteiger partial charge in [0.25, 0.3) is 5.91 Å². The Morgan fingerprint density at radius 1 is 1.18 bits per heavy atom. The zero-order valence-electron chi connectivity index (χ0n) is 23.6. The Labute approximate surface area is 227 Å². The molecule has 2 aliphatic heterocycles. The summed E-state index contributed by atoms with van der Waals surface area (Å²) < 4.78 is 22.3. The molecule has 1 aromatic rings. The van der Waals surface area contributed by atoms with Crippen molar-refractivity contribution in [2.75, 3.05) is 59.7 Å². The van der Waals surface area contributed by atoms with Crippen molar-refractivity contribution in [3.63, 3.8) is 0 Å². The fourth-order valence-electron chi connectivity index (χ4n) is 5.04. The Balaban J connectivity index is 1.56. The van der Waals surface area contributed by atoms with E-state index in [9.17, 15) is 9.59 Å². The molecule has 0 aromatic heterocycles. The highest BCUT2D eigenvalue weighted by Crippen LogP contribution is 2.25. The first kappa shape index (κ1) is 30.2. The molecule has 3 rings (SSSR count). The van der Waals surface area contributed by atoms with Crippen LogP contribution < -0.4 is 15.4 Å². The van der Waals surface area contributed by atoms with Crippen molar-refractivity contribution in [1.82, 2.24) is 15.5 Å². The van der Waals surface area contributed by atoms with E-state index in [1.807, 2.05) is 36.9 Å². The number of hydrogen-bond donors (Lipinski definition) is 2. The van der Waals surface area contributed by atoms with Gasteiger partial charge in [0.05, 0.1) is 19.3 Å². The monoisotopic (exact) mass is 533 g/mol. The Morgan fingerprint density at radius 3 is 2.71 bits per heavy atom. The summed E-state index contributed by atoms with van der Waals surface area (Å²) in [6.45, 7) is 11.0. The van der Waals surface area contributed by atoms with E-state index in [1.54, 1.807) is 7.11 Å². The minimum Gasteiger partial charge on any atom is -0.493 e. The molecule has 0 spiro atoms. The number of aryl methyl sites for hydroxylation is 1. The summed E-state index contributed by atoms with van der Waals surface area (Å²) in [6.07, 6.45) is 4.48. The number of alkyl carbamates (subject to hydrolysis) is 1. The lowest BCUT2D eigenvalue weighted by atomic mass is 9.95. The molecule has 2 fully saturated rings. The number of nitrogens with one attached hydrogen (secondary N) is 2. The van der Waals surface area contributed by atoms with Gasteiger partial charge in [-0.1, -0.05) is 13.0 Å². The Kier molecular flexibility index (Phi) is 12.6. The van der Waals surface area contributed by atoms with Crippen LogP contribution in [0, 0.1) is 11.8 Å². The van der Waals surface area contributed by atoms with E-state index in [2.05, 4.69) is 17.6 Å². The number of amides is 2. The lowest BCUT2D eigenvalue weighted by Gasteiger charge is -2.31. The van der Waals surface area contributed by atoms with Crippen LogP contribution in [0.1, 0.15) is 62.4 Å². The van der Waals surface area contributed by atoms with E-state index >= 15 is 0 Å². The Bertz CT molecular complexity index is 874. The Morgan fingerprint density at radius 2 is 2.00 bits per heavy atom. The van der Waals surface area contributed by atoms with Gasteiger partial charge in [-0.05, 0) is 63.1 Å². The van der Waals surface area contributed by atoms with E-state index < -0.39 is 6.09 Å². The number of benzene rings is 1. The molecule has 2 N–H and O–H groups in total. The standard InChI is InChI=1S/C29H47N3O6/c1-5-22-10-11-23(15-27(22)37-14-8-12-35-4)28(33)32(21(2)3)19-24-16-30-17-25(24)20-38-29(34)31-18-26-9-6-7-13-36-26/h10-11,15,21,24-26,30H,5-9,12-14,16-20H2,1-4H3,(H,31,34)/t24-,25-,26?/m0/s1. The van der Waals surface area contributed by atoms with Gasteiger partial charge in [0, 0.05) is 70.4 Å². The van der Waals surface area contributed by atoms with Crippen LogP contribution in [-0.4, -0.2) is 88.8 Å². The molecule has 214 valence electrons. The highest BCUT2D eigenvalue weighted by molar-refractivity contribution is 5.95. The van der Waals surface area contributed by atoms with Crippen LogP contribution in [0.2, 0.25) is 0 Å². The summed E-state index contributed by atoms with van der Waals surface area (Å²) >= 11 is 0. The molecule has 0 radical (unpaired) electrons. The SMILES string of the molecule is CCc1ccc(C(=O)N(C[C@@H]2CNC[C@H]2COC(=O)NCC2CCCCO2)C(C)C)cc1OCCCOC. The molecule has 0 saturated carbocycles. The van der Waals surface area contributed by atoms with Gasteiger partial charge in [-0.25, -0.2) is 4.79 Å². The van der Waals surface area contributed by atoms with Gasteiger partial charge < -0.3 is 34.5 Å². The highest BCUT2D eigenvalue weighted by Gasteiger charge is 2.32. The molecule has 38 heavy (non-hydrogen) atoms. The van der Waals surface area contributed by atoms with Gasteiger partial charge in [0.15, 0.2) is 0 Å². The van der Waals surface area contributed by atoms with Crippen molar-refractivity contribution < 1.29 is 28.5 Å². The minimum atomic E-state index is -0.407. The second-order valence-electron chi connectivity index (χ2n) is 10.6. The third-order valence-electron chi connectivity index (χ3n) is 7.42. The number of nitrogens with zero attached hydrogens (tertiary/aromatic N) is 1. The van der Waals surface area contributed by atoms with Crippen LogP contribution in [0.4, 0.5) is 4.79 Å². The minimum absolute atomic E-state index is 0.0128. The average molecular weight is 534 g/mol. The first-order valence-corrected chi connectivity index (χ1v) is 14.2. The molecular weight excluding hydrogens is 486 g/mol. The third-order valence-corrected chi connectivity index (χ3v) is 7.42. The lowest BCUT2D eigenvalue weighted by molar-refractivity contribution is 0.0158. The number of methoxy groups -OCH3 is 1. The van der Waals surface area contributed by atoms with Gasteiger partial charge in [0.2, 0.25) is 0 Å². The van der Waals surface area contributed by atoms with Gasteiger partial charge in [0.1, 0.15) is 5.75 Å². The summed E-state index contributed by atoms with van der Waals surface area (Å²) in [5.74, 6) is 1.08. The molecule has 9 heteroatoms. The summed E-state index contributed by atoms with van der Waals surface area (Å²) in [5, 5.41) is 6.25. The van der Waals surface area contributed by atoms with Crippen LogP contribution in [0.5, 0.6) is 5.75 Å². The first-order valence-electron chi connectivity index (χ1n) is 14.2. The van der Waals surface area contributed by atoms with E-state index in [0.29, 0.717) is 38.5 Å². The molecule has 9 nitrogen and oxygen atoms in total. The maximum Gasteiger partial charge on any atom is 0.407 e. The van der Waals surface area contributed by atoms with Gasteiger partial charge >= 0.3 is 6.09 Å². The largest absolute Gasteiger partial charge is 0.493 e. The second kappa shape index (κ2) is 15.9. The maximum atomic E-state index is 13.6. The fraction of sp³-hybridized carbons (Fsp3) is 0.724. The van der Waals surface area contributed by atoms with Crippen LogP contribution in [-0.2, 0) is 20.6 Å². The maximum absolute atomic E-state index is 13.6. The zero-order valence-corrected chi connectivity index (χ0v) is 23.6. The molecule has 2 saturated heterocycles. The van der Waals surface area contributed by atoms with Crippen molar-refractivity contribution >= 4 is 12.0 Å². The lowest BCUT2D eigenvalue weighted by Crippen LogP contribution is -2.43. The van der Waals surface area contributed by atoms with Crippen molar-refractivity contribution in [3.05, 3.63) is 29.3 Å². The van der Waals surface area contributed by atoms with Crippen molar-refractivity contribution in [2.45, 2.75) is 65.0 Å². The van der Waals surface area contributed by atoms with E-state index in [1.165, 1.54) is 0 Å². The normalized spacial score (nSPS) is 21.3. The predicted octanol–water partition coefficient (Wildman–Crippen LogP) is 3.65. The smallest absolute Gasteiger partial charge is 0.407 e. The van der Waals surface area contributed by atoms with Crippen LogP contribution >= 0.6 is 0 Å². The van der Waals surface area contributed by atoms with Gasteiger partial charge in [-0.2, -0.15) is 0 Å². The first-order chi connectivity index (χ1) is 18.4. The third kappa shape index (κ3) is 9.13. The number of hydrogen-bond acceptors (Lipinski definition) is 7. The Hall–Kier alpha value is -2.36. The van der Waals surface area contributed by atoms with E-state index in [-0.39, 0.29) is 29.9 Å². The molecule has 2 heterocycles. The molecule has 1 aromatic carbocycles. The summed E-state index contributed by atoms with van der Waals surface area (Å²) in [4.78, 5) is 27.8. The zero-order chi connectivity index (χ0) is 27.3.